The van der Waals surface area contributed by atoms with Crippen LogP contribution in [0.1, 0.15) is 55.8 Å². The molecule has 0 radical (unpaired) electrons. The van der Waals surface area contributed by atoms with Gasteiger partial charge in [-0.2, -0.15) is 0 Å². The van der Waals surface area contributed by atoms with E-state index in [1.807, 2.05) is 12.3 Å². The smallest absolute Gasteiger partial charge is 0.0925 e. The van der Waals surface area contributed by atoms with Crippen LogP contribution in [0.15, 0.2) is 77.5 Å². The SMILES string of the molecule is C=Nc1c(C(=C)C(C)CC2=CC=C(Cc3ccccc3)CC2)ccnc1CNCC1CCNCC1. The van der Waals surface area contributed by atoms with Crippen molar-refractivity contribution in [2.75, 3.05) is 19.6 Å². The monoisotopic (exact) mass is 468 g/mol. The second-order valence-electron chi connectivity index (χ2n) is 10.1. The lowest BCUT2D eigenvalue weighted by Crippen LogP contribution is -2.33. The van der Waals surface area contributed by atoms with Crippen molar-refractivity contribution in [3.8, 4) is 0 Å². The van der Waals surface area contributed by atoms with Gasteiger partial charge >= 0.3 is 0 Å². The van der Waals surface area contributed by atoms with Gasteiger partial charge < -0.3 is 10.6 Å². The highest BCUT2D eigenvalue weighted by Crippen LogP contribution is 2.36. The summed E-state index contributed by atoms with van der Waals surface area (Å²) in [6, 6.07) is 12.8. The lowest BCUT2D eigenvalue weighted by atomic mass is 9.85. The summed E-state index contributed by atoms with van der Waals surface area (Å²) in [6.45, 7) is 14.6. The van der Waals surface area contributed by atoms with Crippen molar-refractivity contribution >= 4 is 18.0 Å². The van der Waals surface area contributed by atoms with E-state index in [-0.39, 0.29) is 0 Å². The maximum Gasteiger partial charge on any atom is 0.0925 e. The highest BCUT2D eigenvalue weighted by Gasteiger charge is 2.18. The number of nitrogens with zero attached hydrogens (tertiary/aromatic N) is 2. The predicted octanol–water partition coefficient (Wildman–Crippen LogP) is 6.43. The Balaban J connectivity index is 1.35. The van der Waals surface area contributed by atoms with Crippen LogP contribution in [0, 0.1) is 11.8 Å². The number of benzene rings is 1. The maximum absolute atomic E-state index is 4.62. The van der Waals surface area contributed by atoms with Crippen LogP contribution in [0.2, 0.25) is 0 Å². The molecule has 2 heterocycles. The van der Waals surface area contributed by atoms with Crippen molar-refractivity contribution < 1.29 is 0 Å². The summed E-state index contributed by atoms with van der Waals surface area (Å²) in [4.78, 5) is 9.01. The van der Waals surface area contributed by atoms with Gasteiger partial charge in [0.2, 0.25) is 0 Å². The zero-order chi connectivity index (χ0) is 24.5. The molecule has 0 bridgehead atoms. The van der Waals surface area contributed by atoms with Gasteiger partial charge in [0.15, 0.2) is 0 Å². The molecular weight excluding hydrogens is 428 g/mol. The Kier molecular flexibility index (Phi) is 9.21. The van der Waals surface area contributed by atoms with E-state index in [4.69, 9.17) is 0 Å². The molecule has 1 aromatic heterocycles. The Hall–Kier alpha value is -2.82. The molecule has 2 aromatic rings. The van der Waals surface area contributed by atoms with E-state index in [1.54, 1.807) is 0 Å². The van der Waals surface area contributed by atoms with Crippen molar-refractivity contribution in [1.29, 1.82) is 0 Å². The summed E-state index contributed by atoms with van der Waals surface area (Å²) in [6.07, 6.45) is 13.4. The largest absolute Gasteiger partial charge is 0.317 e. The fraction of sp³-hybridized carbons (Fsp3) is 0.419. The molecule has 1 aliphatic heterocycles. The van der Waals surface area contributed by atoms with Crippen LogP contribution in [0.4, 0.5) is 5.69 Å². The minimum absolute atomic E-state index is 0.337. The predicted molar refractivity (Wildman–Crippen MR) is 149 cm³/mol. The fourth-order valence-corrected chi connectivity index (χ4v) is 5.22. The summed E-state index contributed by atoms with van der Waals surface area (Å²) < 4.78 is 0. The van der Waals surface area contributed by atoms with Crippen molar-refractivity contribution in [1.82, 2.24) is 15.6 Å². The van der Waals surface area contributed by atoms with E-state index in [0.717, 1.165) is 73.8 Å². The molecule has 0 saturated carbocycles. The average Bonchev–Trinajstić information content (AvgIpc) is 2.90. The maximum atomic E-state index is 4.62. The first-order valence-electron chi connectivity index (χ1n) is 13.1. The number of aromatic nitrogens is 1. The molecule has 1 aromatic carbocycles. The van der Waals surface area contributed by atoms with Gasteiger partial charge in [0.25, 0.3) is 0 Å². The number of allylic oxidation sites excluding steroid dienone is 5. The van der Waals surface area contributed by atoms with Gasteiger partial charge in [-0.15, -0.1) is 0 Å². The molecule has 0 amide bonds. The van der Waals surface area contributed by atoms with Crippen LogP contribution in [-0.4, -0.2) is 31.3 Å². The summed E-state index contributed by atoms with van der Waals surface area (Å²) in [7, 11) is 0. The van der Waals surface area contributed by atoms with Crippen molar-refractivity contribution in [3.63, 3.8) is 0 Å². The summed E-state index contributed by atoms with van der Waals surface area (Å²) >= 11 is 0. The molecular formula is C31H40N4. The Labute approximate surface area is 211 Å². The van der Waals surface area contributed by atoms with E-state index < -0.39 is 0 Å². The van der Waals surface area contributed by atoms with Gasteiger partial charge in [-0.25, -0.2) is 0 Å². The third-order valence-electron chi connectivity index (χ3n) is 7.45. The first kappa shape index (κ1) is 25.3. The van der Waals surface area contributed by atoms with Gasteiger partial charge in [-0.1, -0.05) is 67.1 Å². The zero-order valence-electron chi connectivity index (χ0n) is 21.2. The Morgan fingerprint density at radius 1 is 1.11 bits per heavy atom. The molecule has 4 rings (SSSR count). The number of rotatable bonds is 11. The molecule has 4 heteroatoms. The minimum Gasteiger partial charge on any atom is -0.317 e. The van der Waals surface area contributed by atoms with Crippen LogP contribution in [0.3, 0.4) is 0 Å². The van der Waals surface area contributed by atoms with E-state index in [0.29, 0.717) is 12.5 Å². The zero-order valence-corrected chi connectivity index (χ0v) is 21.2. The molecule has 1 unspecified atom stereocenters. The van der Waals surface area contributed by atoms with Crippen molar-refractivity contribution in [2.45, 2.75) is 52.0 Å². The number of pyridine rings is 1. The molecule has 1 atom stereocenters. The van der Waals surface area contributed by atoms with Crippen LogP contribution >= 0.6 is 0 Å². The number of aliphatic imine (C=N–C) groups is 1. The van der Waals surface area contributed by atoms with Gasteiger partial charge in [-0.3, -0.25) is 9.98 Å². The first-order valence-corrected chi connectivity index (χ1v) is 13.1. The molecule has 1 saturated heterocycles. The summed E-state index contributed by atoms with van der Waals surface area (Å²) in [5.41, 5.74) is 8.45. The van der Waals surface area contributed by atoms with E-state index in [9.17, 15) is 0 Å². The minimum atomic E-state index is 0.337. The number of hydrogen-bond acceptors (Lipinski definition) is 4. The van der Waals surface area contributed by atoms with Crippen LogP contribution < -0.4 is 10.6 Å². The average molecular weight is 469 g/mol. The molecule has 2 aliphatic rings. The number of piperidine rings is 1. The summed E-state index contributed by atoms with van der Waals surface area (Å²) in [5, 5.41) is 7.04. The molecule has 0 spiro atoms. The normalized spacial score (nSPS) is 17.4. The van der Waals surface area contributed by atoms with Crippen LogP contribution in [0.5, 0.6) is 0 Å². The Bertz CT molecular complexity index is 1060. The highest BCUT2D eigenvalue weighted by atomic mass is 14.9. The second-order valence-corrected chi connectivity index (χ2v) is 10.1. The Morgan fingerprint density at radius 2 is 1.86 bits per heavy atom. The third kappa shape index (κ3) is 7.09. The van der Waals surface area contributed by atoms with E-state index >= 15 is 0 Å². The fourth-order valence-electron chi connectivity index (χ4n) is 5.22. The second kappa shape index (κ2) is 12.8. The Morgan fingerprint density at radius 3 is 2.57 bits per heavy atom. The number of hydrogen-bond donors (Lipinski definition) is 2. The molecule has 184 valence electrons. The van der Waals surface area contributed by atoms with Gasteiger partial charge in [0, 0.05) is 18.3 Å². The van der Waals surface area contributed by atoms with Crippen LogP contribution in [0.25, 0.3) is 5.57 Å². The van der Waals surface area contributed by atoms with Crippen LogP contribution in [-0.2, 0) is 13.0 Å². The standard InChI is InChI=1S/C31H40N4/c1-23(19-26-9-11-27(12-10-26)20-25-7-5-4-6-8-25)24(2)29-15-18-35-30(31(29)32-3)22-34-21-28-13-16-33-17-14-28/h4-9,11,15,18,23,28,33-34H,2-3,10,12-14,16-17,19-22H2,1H3. The van der Waals surface area contributed by atoms with E-state index in [1.165, 1.54) is 29.6 Å². The number of nitrogens with one attached hydrogen (secondary N) is 2. The summed E-state index contributed by atoms with van der Waals surface area (Å²) in [5.74, 6) is 1.07. The molecule has 1 fully saturated rings. The van der Waals surface area contributed by atoms with E-state index in [2.05, 4.69) is 83.3 Å². The van der Waals surface area contributed by atoms with Gasteiger partial charge in [0.1, 0.15) is 0 Å². The van der Waals surface area contributed by atoms with Crippen molar-refractivity contribution in [3.05, 3.63) is 89.3 Å². The lowest BCUT2D eigenvalue weighted by molar-refractivity contribution is 0.356. The molecule has 35 heavy (non-hydrogen) atoms. The lowest BCUT2D eigenvalue weighted by Gasteiger charge is -2.23. The topological polar surface area (TPSA) is 49.3 Å². The molecule has 1 aliphatic carbocycles. The third-order valence-corrected chi connectivity index (χ3v) is 7.45. The van der Waals surface area contributed by atoms with Gasteiger partial charge in [-0.05, 0) is 93.9 Å². The first-order chi connectivity index (χ1) is 17.1. The van der Waals surface area contributed by atoms with Crippen molar-refractivity contribution in [2.24, 2.45) is 16.8 Å². The van der Waals surface area contributed by atoms with Gasteiger partial charge in [0.05, 0.1) is 11.4 Å². The highest BCUT2D eigenvalue weighted by molar-refractivity contribution is 5.76. The molecule has 4 nitrogen and oxygen atoms in total. The quantitative estimate of drug-likeness (QED) is 0.374. The molecule has 2 N–H and O–H groups in total.